The Labute approximate surface area is 380 Å². The number of nitrogens with zero attached hydrogens (tertiary/aromatic N) is 1. The van der Waals surface area contributed by atoms with Crippen LogP contribution in [0, 0.1) is 5.92 Å². The molecule has 0 radical (unpaired) electrons. The van der Waals surface area contributed by atoms with Gasteiger partial charge in [0.05, 0.1) is 26.1 Å². The predicted molar refractivity (Wildman–Crippen MR) is 233 cm³/mol. The lowest BCUT2D eigenvalue weighted by Gasteiger charge is -2.28. The summed E-state index contributed by atoms with van der Waals surface area (Å²) < 4.78 is 0. The average Bonchev–Trinajstić information content (AvgIpc) is 3.23. The van der Waals surface area contributed by atoms with E-state index in [4.69, 9.17) is 28.7 Å². The first-order valence-electron chi connectivity index (χ1n) is 21.2. The van der Waals surface area contributed by atoms with Crippen LogP contribution in [-0.4, -0.2) is 172 Å². The summed E-state index contributed by atoms with van der Waals surface area (Å²) in [7, 11) is 0. The number of carbonyl (C=O) groups excluding carboxylic acids is 7. The standard InChI is InChI=1S/C38H69N13O15/c1-19(2)14-24(33(61)51-27(18-53)36(64)47-23(37(65)66)10-7-13-44-38(42)43)49-35(63)26(16-29(56)57)50-32(60)22(9-4-6-12-40)45-31(59)21(8-3-5-11-39)46-34(62)25(15-28(54)55)48-30(58)20(41)17-52/h19-27,52-53H,3-18,39-41H2,1-2H3,(H,45,59)(H,46,62)(H,47,64)(H,48,58)(H,49,63)(H,50,60)(H,51,61)(H,54,55)(H,56,57)(H,65,66)(H4,42,43,44)/t20-,21-,22-,23-,24-,25-,26-,27-/m0/s1. The van der Waals surface area contributed by atoms with Crippen molar-refractivity contribution in [1.82, 2.24) is 37.2 Å². The lowest BCUT2D eigenvalue weighted by molar-refractivity contribution is -0.143. The van der Waals surface area contributed by atoms with Crippen molar-refractivity contribution in [2.45, 2.75) is 133 Å². The first-order valence-corrected chi connectivity index (χ1v) is 21.2. The molecule has 0 saturated heterocycles. The van der Waals surface area contributed by atoms with Crippen molar-refractivity contribution in [2.75, 3.05) is 32.8 Å². The summed E-state index contributed by atoms with van der Waals surface area (Å²) in [5.74, 6) is -12.6. The number of carboxylic acids is 3. The topological polar surface area (TPSA) is 499 Å². The van der Waals surface area contributed by atoms with Gasteiger partial charge in [0.15, 0.2) is 5.96 Å². The fourth-order valence-corrected chi connectivity index (χ4v) is 5.94. The van der Waals surface area contributed by atoms with E-state index in [1.807, 2.05) is 0 Å². The highest BCUT2D eigenvalue weighted by Crippen LogP contribution is 2.10. The third-order valence-electron chi connectivity index (χ3n) is 9.43. The number of hydrogen-bond acceptors (Lipinski definition) is 16. The minimum Gasteiger partial charge on any atom is -0.481 e. The van der Waals surface area contributed by atoms with Gasteiger partial charge in [0.2, 0.25) is 41.4 Å². The van der Waals surface area contributed by atoms with E-state index in [1.165, 1.54) is 0 Å². The number of nitrogens with one attached hydrogen (secondary N) is 7. The molecule has 0 aromatic heterocycles. The molecule has 66 heavy (non-hydrogen) atoms. The zero-order valence-corrected chi connectivity index (χ0v) is 37.2. The number of hydrogen-bond donors (Lipinski definition) is 17. The van der Waals surface area contributed by atoms with Gasteiger partial charge in [-0.05, 0) is 76.8 Å². The summed E-state index contributed by atoms with van der Waals surface area (Å²) in [5, 5.41) is 63.8. The van der Waals surface area contributed by atoms with Crippen LogP contribution >= 0.6 is 0 Å². The van der Waals surface area contributed by atoms with Gasteiger partial charge in [-0.2, -0.15) is 0 Å². The van der Waals surface area contributed by atoms with Crippen LogP contribution < -0.4 is 65.9 Å². The SMILES string of the molecule is CC(C)C[C@H](NC(=O)[C@H](CC(=O)O)NC(=O)[C@H](CCCCN)NC(=O)[C@H](CCCCN)NC(=O)[C@H](CC(=O)O)NC(=O)[C@@H](N)CO)C(=O)N[C@@H](CO)C(=O)N[C@@H](CCCN=C(N)N)C(=O)O. The molecule has 0 aliphatic rings. The molecule has 0 aromatic carbocycles. The van der Waals surface area contributed by atoms with E-state index in [9.17, 15) is 73.5 Å². The number of amides is 7. The van der Waals surface area contributed by atoms with Crippen molar-refractivity contribution in [3.8, 4) is 0 Å². The third kappa shape index (κ3) is 24.7. The summed E-state index contributed by atoms with van der Waals surface area (Å²) in [6.45, 7) is 1.88. The molecule has 0 fully saturated rings. The maximum atomic E-state index is 13.8. The highest BCUT2D eigenvalue weighted by atomic mass is 16.4. The van der Waals surface area contributed by atoms with Crippen LogP contribution in [-0.2, 0) is 47.9 Å². The number of rotatable bonds is 35. The molecule has 0 rings (SSSR count). The molecule has 22 N–H and O–H groups in total. The largest absolute Gasteiger partial charge is 0.481 e. The van der Waals surface area contributed by atoms with Gasteiger partial charge in [-0.1, -0.05) is 13.8 Å². The molecule has 28 nitrogen and oxygen atoms in total. The number of nitrogens with two attached hydrogens (primary N) is 5. The normalized spacial score (nSPS) is 14.6. The van der Waals surface area contributed by atoms with Gasteiger partial charge in [-0.3, -0.25) is 48.1 Å². The Bertz CT molecular complexity index is 1670. The molecule has 28 heteroatoms. The zero-order chi connectivity index (χ0) is 50.5. The van der Waals surface area contributed by atoms with E-state index in [0.29, 0.717) is 12.8 Å². The maximum absolute atomic E-state index is 13.8. The number of aliphatic hydroxyl groups is 2. The first-order chi connectivity index (χ1) is 31.0. The van der Waals surface area contributed by atoms with Gasteiger partial charge in [0, 0.05) is 6.54 Å². The van der Waals surface area contributed by atoms with E-state index < -0.39 is 134 Å². The van der Waals surface area contributed by atoms with E-state index in [2.05, 4.69) is 42.2 Å². The second-order valence-corrected chi connectivity index (χ2v) is 15.6. The molecule has 0 saturated carbocycles. The van der Waals surface area contributed by atoms with E-state index in [1.54, 1.807) is 13.8 Å². The Kier molecular flexibility index (Phi) is 29.4. The number of unbranched alkanes of at least 4 members (excludes halogenated alkanes) is 2. The fraction of sp³-hybridized carbons (Fsp3) is 0.711. The second kappa shape index (κ2) is 32.4. The number of aliphatic hydroxyl groups excluding tert-OH is 2. The number of carbonyl (C=O) groups is 10. The number of aliphatic carboxylic acids is 3. The number of aliphatic imine (C=N–C) groups is 1. The fourth-order valence-electron chi connectivity index (χ4n) is 5.94. The molecule has 0 heterocycles. The number of guanidine groups is 1. The molecule has 0 aliphatic carbocycles. The quantitative estimate of drug-likeness (QED) is 0.0159. The van der Waals surface area contributed by atoms with Crippen LogP contribution in [0.25, 0.3) is 0 Å². The van der Waals surface area contributed by atoms with Crippen molar-refractivity contribution < 1.29 is 73.5 Å². The predicted octanol–water partition coefficient (Wildman–Crippen LogP) is -6.92. The molecule has 7 amide bonds. The Morgan fingerprint density at radius 2 is 0.848 bits per heavy atom. The Morgan fingerprint density at radius 3 is 1.24 bits per heavy atom. The van der Waals surface area contributed by atoms with Crippen molar-refractivity contribution in [1.29, 1.82) is 0 Å². The molecule has 0 unspecified atom stereocenters. The molecule has 8 atom stereocenters. The Hall–Kier alpha value is -6.23. The van der Waals surface area contributed by atoms with Gasteiger partial charge < -0.3 is 91.4 Å². The van der Waals surface area contributed by atoms with E-state index >= 15 is 0 Å². The van der Waals surface area contributed by atoms with Gasteiger partial charge in [-0.25, -0.2) is 4.79 Å². The van der Waals surface area contributed by atoms with Gasteiger partial charge >= 0.3 is 17.9 Å². The smallest absolute Gasteiger partial charge is 0.326 e. The summed E-state index contributed by atoms with van der Waals surface area (Å²) in [6, 6.07) is -12.8. The average molecular weight is 948 g/mol. The molecule has 376 valence electrons. The monoisotopic (exact) mass is 948 g/mol. The second-order valence-electron chi connectivity index (χ2n) is 15.6. The van der Waals surface area contributed by atoms with Crippen LogP contribution in [0.4, 0.5) is 0 Å². The lowest BCUT2D eigenvalue weighted by Crippen LogP contribution is -2.60. The molecule has 0 spiro atoms. The molecular formula is C38H69N13O15. The van der Waals surface area contributed by atoms with E-state index in [0.717, 1.165) is 0 Å². The molecule has 0 aromatic rings. The highest BCUT2D eigenvalue weighted by Gasteiger charge is 2.35. The minimum absolute atomic E-state index is 0.0482. The van der Waals surface area contributed by atoms with Crippen molar-refractivity contribution >= 4 is 65.2 Å². The first kappa shape index (κ1) is 59.8. The summed E-state index contributed by atoms with van der Waals surface area (Å²) in [5.41, 5.74) is 27.2. The van der Waals surface area contributed by atoms with Crippen LogP contribution in [0.2, 0.25) is 0 Å². The lowest BCUT2D eigenvalue weighted by atomic mass is 10.0. The van der Waals surface area contributed by atoms with Crippen molar-refractivity contribution in [3.05, 3.63) is 0 Å². The summed E-state index contributed by atoms with van der Waals surface area (Å²) >= 11 is 0. The Balaban J connectivity index is 6.47. The van der Waals surface area contributed by atoms with Crippen LogP contribution in [0.1, 0.15) is 84.5 Å². The molecule has 0 bridgehead atoms. The van der Waals surface area contributed by atoms with Gasteiger partial charge in [0.25, 0.3) is 0 Å². The maximum Gasteiger partial charge on any atom is 0.326 e. The van der Waals surface area contributed by atoms with Crippen LogP contribution in [0.15, 0.2) is 4.99 Å². The Morgan fingerprint density at radius 1 is 0.485 bits per heavy atom. The van der Waals surface area contributed by atoms with Crippen molar-refractivity contribution in [2.24, 2.45) is 39.6 Å². The van der Waals surface area contributed by atoms with Gasteiger partial charge in [0.1, 0.15) is 48.3 Å². The summed E-state index contributed by atoms with van der Waals surface area (Å²) in [6.07, 6.45) is -1.15. The molecular weight excluding hydrogens is 878 g/mol. The zero-order valence-electron chi connectivity index (χ0n) is 37.2. The van der Waals surface area contributed by atoms with Crippen LogP contribution in [0.3, 0.4) is 0 Å². The number of carboxylic acid groups (broad SMARTS) is 3. The third-order valence-corrected chi connectivity index (χ3v) is 9.43. The summed E-state index contributed by atoms with van der Waals surface area (Å²) in [4.78, 5) is 132. The van der Waals surface area contributed by atoms with Crippen molar-refractivity contribution in [3.63, 3.8) is 0 Å². The van der Waals surface area contributed by atoms with Gasteiger partial charge in [-0.15, -0.1) is 0 Å². The molecule has 0 aliphatic heterocycles. The van der Waals surface area contributed by atoms with Crippen LogP contribution in [0.5, 0.6) is 0 Å². The highest BCUT2D eigenvalue weighted by molar-refractivity contribution is 5.99. The minimum atomic E-state index is -1.88. The van der Waals surface area contributed by atoms with E-state index in [-0.39, 0.29) is 76.5 Å².